The van der Waals surface area contributed by atoms with Gasteiger partial charge in [-0.15, -0.1) is 0 Å². The summed E-state index contributed by atoms with van der Waals surface area (Å²) in [5.41, 5.74) is 4.60. The lowest BCUT2D eigenvalue weighted by atomic mass is 9.98. The summed E-state index contributed by atoms with van der Waals surface area (Å²) in [5, 5.41) is 0.696. The maximum atomic E-state index is 12.8. The molecule has 0 radical (unpaired) electrons. The molecule has 3 heterocycles. The van der Waals surface area contributed by atoms with E-state index in [0.29, 0.717) is 5.02 Å². The number of ether oxygens (including phenoxy) is 6. The SMILES string of the molecule is CC1(C)O[C@@H]2O[C@@H](C(=O)NNC(=O)COc3ccc(Cl)cc3Cl)[C@H]3OC(C)(C)O[C@H]3[C@H]2O1. The van der Waals surface area contributed by atoms with Crippen LogP contribution < -0.4 is 15.6 Å². The Kier molecular flexibility index (Phi) is 6.32. The van der Waals surface area contributed by atoms with Gasteiger partial charge in [0.05, 0.1) is 5.02 Å². The Morgan fingerprint density at radius 2 is 1.62 bits per heavy atom. The van der Waals surface area contributed by atoms with Gasteiger partial charge in [-0.1, -0.05) is 23.2 Å². The van der Waals surface area contributed by atoms with Crippen molar-refractivity contribution in [2.45, 2.75) is 70.0 Å². The highest BCUT2D eigenvalue weighted by Gasteiger charge is 2.62. The van der Waals surface area contributed by atoms with Crippen LogP contribution in [0.25, 0.3) is 0 Å². The molecule has 176 valence electrons. The monoisotopic (exact) mass is 490 g/mol. The van der Waals surface area contributed by atoms with E-state index in [0.717, 1.165) is 0 Å². The van der Waals surface area contributed by atoms with Crippen molar-refractivity contribution in [1.82, 2.24) is 10.9 Å². The molecule has 0 aromatic heterocycles. The number of amides is 2. The average molecular weight is 491 g/mol. The lowest BCUT2D eigenvalue weighted by molar-refractivity contribution is -0.231. The third kappa shape index (κ3) is 4.96. The Hall–Kier alpha value is -1.66. The van der Waals surface area contributed by atoms with Gasteiger partial charge in [-0.2, -0.15) is 0 Å². The molecule has 32 heavy (non-hydrogen) atoms. The van der Waals surface area contributed by atoms with Crippen LogP contribution in [0, 0.1) is 0 Å². The summed E-state index contributed by atoms with van der Waals surface area (Å²) in [6.07, 6.45) is -3.84. The van der Waals surface area contributed by atoms with Gasteiger partial charge in [0.15, 0.2) is 30.6 Å². The molecular formula is C20H24Cl2N2O8. The molecule has 3 fully saturated rings. The van der Waals surface area contributed by atoms with E-state index in [4.69, 9.17) is 51.6 Å². The minimum Gasteiger partial charge on any atom is -0.482 e. The minimum absolute atomic E-state index is 0.258. The first kappa shape index (κ1) is 23.5. The number of carbonyl (C=O) groups is 2. The van der Waals surface area contributed by atoms with Gasteiger partial charge < -0.3 is 28.4 Å². The molecule has 1 aromatic carbocycles. The van der Waals surface area contributed by atoms with Crippen LogP contribution in [0.3, 0.4) is 0 Å². The quantitative estimate of drug-likeness (QED) is 0.615. The van der Waals surface area contributed by atoms with Gasteiger partial charge in [0, 0.05) is 5.02 Å². The molecule has 2 amide bonds. The van der Waals surface area contributed by atoms with Gasteiger partial charge in [0.25, 0.3) is 11.8 Å². The number of fused-ring (bicyclic) bond motifs is 3. The van der Waals surface area contributed by atoms with Crippen LogP contribution in [-0.4, -0.2) is 60.7 Å². The van der Waals surface area contributed by atoms with E-state index < -0.39 is 54.1 Å². The molecule has 3 aliphatic rings. The molecule has 0 spiro atoms. The zero-order valence-electron chi connectivity index (χ0n) is 17.8. The standard InChI is InChI=1S/C20H24Cl2N2O8/c1-19(2)29-13-14(30-19)16-18(32-20(3,4)31-16)28-15(13)17(26)24-23-12(25)8-27-11-6-5-9(21)7-10(11)22/h5-7,13-16,18H,8H2,1-4H3,(H,23,25)(H,24,26)/t13-,14+,15+,16+,18-/m0/s1. The highest BCUT2D eigenvalue weighted by Crippen LogP contribution is 2.44. The van der Waals surface area contributed by atoms with E-state index in [2.05, 4.69) is 10.9 Å². The van der Waals surface area contributed by atoms with Gasteiger partial charge >= 0.3 is 0 Å². The molecule has 2 N–H and O–H groups in total. The number of halogens is 2. The first-order valence-corrected chi connectivity index (χ1v) is 10.7. The largest absolute Gasteiger partial charge is 0.482 e. The number of rotatable bonds is 4. The number of hydrogen-bond donors (Lipinski definition) is 2. The van der Waals surface area contributed by atoms with E-state index in [9.17, 15) is 9.59 Å². The third-order valence-electron chi connectivity index (χ3n) is 4.99. The molecule has 0 aliphatic carbocycles. The van der Waals surface area contributed by atoms with Crippen LogP contribution in [0.2, 0.25) is 10.0 Å². The molecule has 0 bridgehead atoms. The Balaban J connectivity index is 1.35. The number of hydrogen-bond acceptors (Lipinski definition) is 8. The van der Waals surface area contributed by atoms with E-state index in [1.54, 1.807) is 33.8 Å². The first-order valence-electron chi connectivity index (χ1n) is 9.97. The normalized spacial score (nSPS) is 32.0. The molecule has 0 saturated carbocycles. The molecule has 12 heteroatoms. The maximum absolute atomic E-state index is 12.8. The van der Waals surface area contributed by atoms with Crippen molar-refractivity contribution >= 4 is 35.0 Å². The Bertz CT molecular complexity index is 912. The van der Waals surface area contributed by atoms with Crippen LogP contribution in [0.4, 0.5) is 0 Å². The van der Waals surface area contributed by atoms with Gasteiger partial charge in [-0.3, -0.25) is 20.4 Å². The van der Waals surface area contributed by atoms with Crippen molar-refractivity contribution in [2.24, 2.45) is 0 Å². The Morgan fingerprint density at radius 1 is 0.969 bits per heavy atom. The van der Waals surface area contributed by atoms with E-state index in [1.807, 2.05) is 0 Å². The van der Waals surface area contributed by atoms with Crippen molar-refractivity contribution in [1.29, 1.82) is 0 Å². The Morgan fingerprint density at radius 3 is 2.34 bits per heavy atom. The summed E-state index contributed by atoms with van der Waals surface area (Å²) in [7, 11) is 0. The second-order valence-corrected chi connectivity index (χ2v) is 9.33. The number of nitrogens with one attached hydrogen (secondary N) is 2. The third-order valence-corrected chi connectivity index (χ3v) is 5.52. The van der Waals surface area contributed by atoms with Crippen LogP contribution in [0.5, 0.6) is 5.75 Å². The lowest BCUT2D eigenvalue weighted by Gasteiger charge is -2.36. The predicted molar refractivity (Wildman–Crippen MR) is 111 cm³/mol. The van der Waals surface area contributed by atoms with Crippen molar-refractivity contribution < 1.29 is 38.0 Å². The summed E-state index contributed by atoms with van der Waals surface area (Å²) in [6, 6.07) is 4.60. The summed E-state index contributed by atoms with van der Waals surface area (Å²) < 4.78 is 34.7. The highest BCUT2D eigenvalue weighted by atomic mass is 35.5. The summed E-state index contributed by atoms with van der Waals surface area (Å²) in [5.74, 6) is -2.82. The molecular weight excluding hydrogens is 467 g/mol. The smallest absolute Gasteiger partial charge is 0.276 e. The summed E-state index contributed by atoms with van der Waals surface area (Å²) in [4.78, 5) is 24.9. The molecule has 4 rings (SSSR count). The van der Waals surface area contributed by atoms with Crippen molar-refractivity contribution in [3.8, 4) is 5.75 Å². The predicted octanol–water partition coefficient (Wildman–Crippen LogP) is 1.92. The van der Waals surface area contributed by atoms with Crippen molar-refractivity contribution in [3.05, 3.63) is 28.2 Å². The van der Waals surface area contributed by atoms with E-state index in [1.165, 1.54) is 12.1 Å². The van der Waals surface area contributed by atoms with Crippen molar-refractivity contribution in [2.75, 3.05) is 6.61 Å². The summed E-state index contributed by atoms with van der Waals surface area (Å²) >= 11 is 11.8. The topological polar surface area (TPSA) is 114 Å². The number of hydrazine groups is 1. The van der Waals surface area contributed by atoms with Gasteiger partial charge in [0.1, 0.15) is 24.1 Å². The maximum Gasteiger partial charge on any atom is 0.276 e. The van der Waals surface area contributed by atoms with E-state index >= 15 is 0 Å². The van der Waals surface area contributed by atoms with Gasteiger partial charge in [-0.05, 0) is 45.9 Å². The fraction of sp³-hybridized carbons (Fsp3) is 0.600. The second kappa shape index (κ2) is 8.60. The van der Waals surface area contributed by atoms with Crippen LogP contribution in [0.1, 0.15) is 27.7 Å². The zero-order valence-corrected chi connectivity index (χ0v) is 19.4. The number of carbonyl (C=O) groups excluding carboxylic acids is 2. The zero-order chi connectivity index (χ0) is 23.3. The van der Waals surface area contributed by atoms with Gasteiger partial charge in [-0.25, -0.2) is 0 Å². The molecule has 3 aliphatic heterocycles. The molecule has 3 saturated heterocycles. The fourth-order valence-electron chi connectivity index (χ4n) is 3.80. The first-order chi connectivity index (χ1) is 14.9. The van der Waals surface area contributed by atoms with Crippen LogP contribution in [-0.2, 0) is 33.3 Å². The molecule has 1 aromatic rings. The second-order valence-electron chi connectivity index (χ2n) is 8.49. The number of benzene rings is 1. The summed E-state index contributed by atoms with van der Waals surface area (Å²) in [6.45, 7) is 6.57. The highest BCUT2D eigenvalue weighted by molar-refractivity contribution is 6.35. The van der Waals surface area contributed by atoms with E-state index in [-0.39, 0.29) is 17.4 Å². The van der Waals surface area contributed by atoms with Crippen molar-refractivity contribution in [3.63, 3.8) is 0 Å². The average Bonchev–Trinajstić information content (AvgIpc) is 3.18. The lowest BCUT2D eigenvalue weighted by Crippen LogP contribution is -2.61. The minimum atomic E-state index is -1.10. The fourth-order valence-corrected chi connectivity index (χ4v) is 4.26. The van der Waals surface area contributed by atoms with Gasteiger partial charge in [0.2, 0.25) is 0 Å². The Labute approximate surface area is 194 Å². The molecule has 0 unspecified atom stereocenters. The van der Waals surface area contributed by atoms with Crippen LogP contribution >= 0.6 is 23.2 Å². The van der Waals surface area contributed by atoms with Crippen LogP contribution in [0.15, 0.2) is 18.2 Å². The molecule has 5 atom stereocenters. The molecule has 10 nitrogen and oxygen atoms in total.